The van der Waals surface area contributed by atoms with Crippen molar-refractivity contribution < 1.29 is 9.59 Å². The van der Waals surface area contributed by atoms with Crippen LogP contribution in [0.4, 0.5) is 11.4 Å². The summed E-state index contributed by atoms with van der Waals surface area (Å²) in [6.45, 7) is 3.95. The van der Waals surface area contributed by atoms with Crippen molar-refractivity contribution in [1.29, 1.82) is 0 Å². The minimum Gasteiger partial charge on any atom is -0.326 e. The number of aryl methyl sites for hydroxylation is 2. The number of nitrogens with zero attached hydrogens (tertiary/aromatic N) is 2. The van der Waals surface area contributed by atoms with Gasteiger partial charge in [-0.05, 0) is 37.3 Å². The lowest BCUT2D eigenvalue weighted by Crippen LogP contribution is -2.15. The van der Waals surface area contributed by atoms with Crippen LogP contribution in [-0.4, -0.2) is 21.6 Å². The van der Waals surface area contributed by atoms with E-state index in [2.05, 4.69) is 15.7 Å². The van der Waals surface area contributed by atoms with E-state index in [0.29, 0.717) is 24.3 Å². The van der Waals surface area contributed by atoms with Crippen LogP contribution in [0.3, 0.4) is 0 Å². The highest BCUT2D eigenvalue weighted by molar-refractivity contribution is 5.92. The number of hydrogen-bond acceptors (Lipinski definition) is 3. The lowest BCUT2D eigenvalue weighted by Gasteiger charge is -2.08. The zero-order valence-corrected chi connectivity index (χ0v) is 12.1. The fraction of sp³-hybridized carbons (Fsp3) is 0.267. The van der Waals surface area contributed by atoms with E-state index in [-0.39, 0.29) is 11.8 Å². The summed E-state index contributed by atoms with van der Waals surface area (Å²) in [4.78, 5) is 22.8. The SMILES string of the molecule is CC(=O)Nc1ccc(NC(=O)CCn2nccc2C)cc1. The van der Waals surface area contributed by atoms with Gasteiger partial charge in [0.05, 0.1) is 0 Å². The number of amides is 2. The van der Waals surface area contributed by atoms with Gasteiger partial charge in [0.15, 0.2) is 0 Å². The van der Waals surface area contributed by atoms with Gasteiger partial charge in [0.2, 0.25) is 11.8 Å². The van der Waals surface area contributed by atoms with Gasteiger partial charge in [0, 0.05) is 43.2 Å². The van der Waals surface area contributed by atoms with Gasteiger partial charge >= 0.3 is 0 Å². The molecule has 0 radical (unpaired) electrons. The van der Waals surface area contributed by atoms with Crippen LogP contribution in [0.5, 0.6) is 0 Å². The molecule has 0 aliphatic heterocycles. The first kappa shape index (κ1) is 14.8. The van der Waals surface area contributed by atoms with Gasteiger partial charge in [-0.2, -0.15) is 5.10 Å². The summed E-state index contributed by atoms with van der Waals surface area (Å²) < 4.78 is 1.79. The zero-order valence-electron chi connectivity index (χ0n) is 12.1. The maximum atomic E-state index is 11.9. The van der Waals surface area contributed by atoms with Crippen molar-refractivity contribution in [3.05, 3.63) is 42.2 Å². The molecule has 0 saturated heterocycles. The Hall–Kier alpha value is -2.63. The van der Waals surface area contributed by atoms with Crippen LogP contribution in [0.2, 0.25) is 0 Å². The zero-order chi connectivity index (χ0) is 15.2. The molecule has 1 aromatic carbocycles. The Bertz CT molecular complexity index is 631. The number of benzene rings is 1. The summed E-state index contributed by atoms with van der Waals surface area (Å²) in [6.07, 6.45) is 2.07. The van der Waals surface area contributed by atoms with E-state index in [1.165, 1.54) is 6.92 Å². The van der Waals surface area contributed by atoms with Crippen molar-refractivity contribution in [3.8, 4) is 0 Å². The van der Waals surface area contributed by atoms with Crippen molar-refractivity contribution >= 4 is 23.2 Å². The second kappa shape index (κ2) is 6.69. The molecule has 2 N–H and O–H groups in total. The Morgan fingerprint density at radius 1 is 1.10 bits per heavy atom. The second-order valence-corrected chi connectivity index (χ2v) is 4.75. The predicted octanol–water partition coefficient (Wildman–Crippen LogP) is 2.18. The van der Waals surface area contributed by atoms with E-state index in [1.807, 2.05) is 13.0 Å². The van der Waals surface area contributed by atoms with Crippen LogP contribution >= 0.6 is 0 Å². The molecule has 1 aromatic heterocycles. The van der Waals surface area contributed by atoms with Crippen LogP contribution < -0.4 is 10.6 Å². The fourth-order valence-corrected chi connectivity index (χ4v) is 1.90. The highest BCUT2D eigenvalue weighted by Crippen LogP contribution is 2.13. The van der Waals surface area contributed by atoms with Gasteiger partial charge < -0.3 is 10.6 Å². The van der Waals surface area contributed by atoms with Gasteiger partial charge in [0.25, 0.3) is 0 Å². The number of hydrogen-bond donors (Lipinski definition) is 2. The highest BCUT2D eigenvalue weighted by Gasteiger charge is 2.05. The largest absolute Gasteiger partial charge is 0.326 e. The lowest BCUT2D eigenvalue weighted by atomic mass is 10.2. The number of aromatic nitrogens is 2. The molecule has 0 saturated carbocycles. The Morgan fingerprint density at radius 3 is 2.24 bits per heavy atom. The van der Waals surface area contributed by atoms with E-state index in [4.69, 9.17) is 0 Å². The summed E-state index contributed by atoms with van der Waals surface area (Å²) in [6, 6.07) is 8.90. The summed E-state index contributed by atoms with van der Waals surface area (Å²) in [5.41, 5.74) is 2.43. The van der Waals surface area contributed by atoms with Gasteiger partial charge in [-0.25, -0.2) is 0 Å². The summed E-state index contributed by atoms with van der Waals surface area (Å²) in [7, 11) is 0. The Morgan fingerprint density at radius 2 is 1.71 bits per heavy atom. The average molecular weight is 286 g/mol. The smallest absolute Gasteiger partial charge is 0.226 e. The Balaban J connectivity index is 1.85. The van der Waals surface area contributed by atoms with E-state index in [9.17, 15) is 9.59 Å². The molecule has 0 atom stereocenters. The molecule has 21 heavy (non-hydrogen) atoms. The molecule has 0 bridgehead atoms. The van der Waals surface area contributed by atoms with Gasteiger partial charge in [-0.3, -0.25) is 14.3 Å². The minimum atomic E-state index is -0.124. The molecule has 1 heterocycles. The maximum absolute atomic E-state index is 11.9. The fourth-order valence-electron chi connectivity index (χ4n) is 1.90. The molecule has 6 heteroatoms. The molecule has 0 spiro atoms. The molecule has 110 valence electrons. The molecular weight excluding hydrogens is 268 g/mol. The average Bonchev–Trinajstić information content (AvgIpc) is 2.84. The predicted molar refractivity (Wildman–Crippen MR) is 81.0 cm³/mol. The standard InChI is InChI=1S/C15H18N4O2/c1-11-7-9-16-19(11)10-8-15(21)18-14-5-3-13(4-6-14)17-12(2)20/h3-7,9H,8,10H2,1-2H3,(H,17,20)(H,18,21). The summed E-state index contributed by atoms with van der Waals surface area (Å²) >= 11 is 0. The quantitative estimate of drug-likeness (QED) is 0.884. The molecule has 6 nitrogen and oxygen atoms in total. The van der Waals surface area contributed by atoms with Crippen molar-refractivity contribution in [1.82, 2.24) is 9.78 Å². The van der Waals surface area contributed by atoms with Crippen LogP contribution in [-0.2, 0) is 16.1 Å². The van der Waals surface area contributed by atoms with Gasteiger partial charge in [0.1, 0.15) is 0 Å². The second-order valence-electron chi connectivity index (χ2n) is 4.75. The van der Waals surface area contributed by atoms with E-state index < -0.39 is 0 Å². The number of rotatable bonds is 5. The third-order valence-electron chi connectivity index (χ3n) is 2.97. The summed E-state index contributed by atoms with van der Waals surface area (Å²) in [5.74, 6) is -0.196. The third kappa shape index (κ3) is 4.45. The molecule has 2 amide bonds. The molecule has 2 rings (SSSR count). The third-order valence-corrected chi connectivity index (χ3v) is 2.97. The van der Waals surface area contributed by atoms with Crippen LogP contribution in [0.15, 0.2) is 36.5 Å². The van der Waals surface area contributed by atoms with Crippen molar-refractivity contribution in [2.45, 2.75) is 26.8 Å². The van der Waals surface area contributed by atoms with Crippen molar-refractivity contribution in [3.63, 3.8) is 0 Å². The first-order valence-corrected chi connectivity index (χ1v) is 6.70. The number of anilines is 2. The van der Waals surface area contributed by atoms with Crippen LogP contribution in [0.25, 0.3) is 0 Å². The number of carbonyl (C=O) groups excluding carboxylic acids is 2. The van der Waals surface area contributed by atoms with Gasteiger partial charge in [-0.1, -0.05) is 0 Å². The highest BCUT2D eigenvalue weighted by atomic mass is 16.2. The Labute approximate surface area is 123 Å². The number of carbonyl (C=O) groups is 2. The topological polar surface area (TPSA) is 76.0 Å². The summed E-state index contributed by atoms with van der Waals surface area (Å²) in [5, 5.41) is 9.61. The van der Waals surface area contributed by atoms with Crippen molar-refractivity contribution in [2.75, 3.05) is 10.6 Å². The van der Waals surface area contributed by atoms with E-state index in [1.54, 1.807) is 35.1 Å². The van der Waals surface area contributed by atoms with Crippen molar-refractivity contribution in [2.24, 2.45) is 0 Å². The van der Waals surface area contributed by atoms with E-state index in [0.717, 1.165) is 5.69 Å². The first-order chi connectivity index (χ1) is 10.0. The normalized spacial score (nSPS) is 10.2. The molecular formula is C15H18N4O2. The van der Waals surface area contributed by atoms with E-state index >= 15 is 0 Å². The van der Waals surface area contributed by atoms with Gasteiger partial charge in [-0.15, -0.1) is 0 Å². The molecule has 0 aliphatic rings. The van der Waals surface area contributed by atoms with Crippen LogP contribution in [0.1, 0.15) is 19.0 Å². The Kier molecular flexibility index (Phi) is 4.71. The first-order valence-electron chi connectivity index (χ1n) is 6.70. The maximum Gasteiger partial charge on any atom is 0.226 e. The molecule has 0 aliphatic carbocycles. The number of nitrogens with one attached hydrogen (secondary N) is 2. The van der Waals surface area contributed by atoms with Crippen LogP contribution in [0, 0.1) is 6.92 Å². The molecule has 0 unspecified atom stereocenters. The minimum absolute atomic E-state index is 0.0721. The monoisotopic (exact) mass is 286 g/mol. The molecule has 0 fully saturated rings. The lowest BCUT2D eigenvalue weighted by molar-refractivity contribution is -0.116. The molecule has 2 aromatic rings.